The third-order valence-electron chi connectivity index (χ3n) is 4.62. The molecule has 0 N–H and O–H groups in total. The molecule has 0 radical (unpaired) electrons. The fraction of sp³-hybridized carbons (Fsp3) is 0.250. The lowest BCUT2D eigenvalue weighted by molar-refractivity contribution is -0.126. The van der Waals surface area contributed by atoms with E-state index in [0.717, 1.165) is 10.4 Å². The van der Waals surface area contributed by atoms with Gasteiger partial charge in [-0.2, -0.15) is 4.37 Å². The molecule has 0 bridgehead atoms. The minimum absolute atomic E-state index is 0.0421. The van der Waals surface area contributed by atoms with E-state index < -0.39 is 5.83 Å². The summed E-state index contributed by atoms with van der Waals surface area (Å²) < 4.78 is 23.7. The molecular weight excluding hydrogens is 415 g/mol. The van der Waals surface area contributed by atoms with Crippen LogP contribution in [0.1, 0.15) is 5.69 Å². The van der Waals surface area contributed by atoms with Gasteiger partial charge in [-0.3, -0.25) is 4.79 Å². The number of nitrogens with zero attached hydrogens (tertiary/aromatic N) is 4. The highest BCUT2D eigenvalue weighted by atomic mass is 35.5. The highest BCUT2D eigenvalue weighted by molar-refractivity contribution is 7.11. The number of amides is 1. The van der Waals surface area contributed by atoms with Gasteiger partial charge in [-0.15, -0.1) is 0 Å². The zero-order valence-electron chi connectivity index (χ0n) is 16.0. The largest absolute Gasteiger partial charge is 0.496 e. The molecule has 1 saturated heterocycles. The Kier molecular flexibility index (Phi) is 6.34. The van der Waals surface area contributed by atoms with Crippen LogP contribution >= 0.6 is 23.1 Å². The van der Waals surface area contributed by atoms with Crippen LogP contribution in [0.5, 0.6) is 0 Å². The average molecular weight is 435 g/mol. The number of hydrogen-bond donors (Lipinski definition) is 0. The van der Waals surface area contributed by atoms with Gasteiger partial charge in [-0.25, -0.2) is 9.37 Å². The molecule has 152 valence electrons. The molecule has 0 aliphatic carbocycles. The number of aromatic nitrogens is 2. The Balaban J connectivity index is 1.98. The average Bonchev–Trinajstić information content (AvgIpc) is 3.13. The maximum Gasteiger partial charge on any atom is 0.246 e. The summed E-state index contributed by atoms with van der Waals surface area (Å²) in [5.41, 5.74) is 0.689. The minimum Gasteiger partial charge on any atom is -0.496 e. The van der Waals surface area contributed by atoms with Gasteiger partial charge in [0, 0.05) is 26.2 Å². The van der Waals surface area contributed by atoms with Crippen LogP contribution in [-0.4, -0.2) is 53.5 Å². The van der Waals surface area contributed by atoms with Gasteiger partial charge in [0.05, 0.1) is 28.8 Å². The van der Waals surface area contributed by atoms with Crippen LogP contribution in [0.25, 0.3) is 16.6 Å². The van der Waals surface area contributed by atoms with Crippen molar-refractivity contribution in [3.63, 3.8) is 0 Å². The van der Waals surface area contributed by atoms with Crippen molar-refractivity contribution >= 4 is 50.6 Å². The van der Waals surface area contributed by atoms with Crippen molar-refractivity contribution in [3.8, 4) is 0 Å². The third kappa shape index (κ3) is 4.04. The van der Waals surface area contributed by atoms with Crippen molar-refractivity contribution in [3.05, 3.63) is 60.3 Å². The second-order valence-electron chi connectivity index (χ2n) is 6.25. The van der Waals surface area contributed by atoms with E-state index in [0.29, 0.717) is 31.8 Å². The summed E-state index contributed by atoms with van der Waals surface area (Å²) in [6.45, 7) is 13.0. The summed E-state index contributed by atoms with van der Waals surface area (Å²) in [5.74, 6) is -0.617. The van der Waals surface area contributed by atoms with E-state index in [2.05, 4.69) is 34.0 Å². The third-order valence-corrected chi connectivity index (χ3v) is 5.82. The van der Waals surface area contributed by atoms with Crippen molar-refractivity contribution in [2.24, 2.45) is 0 Å². The van der Waals surface area contributed by atoms with E-state index in [4.69, 9.17) is 16.3 Å². The predicted octanol–water partition coefficient (Wildman–Crippen LogP) is 4.21. The first-order valence-electron chi connectivity index (χ1n) is 8.79. The molecule has 29 heavy (non-hydrogen) atoms. The van der Waals surface area contributed by atoms with Crippen LogP contribution in [0.3, 0.4) is 0 Å². The summed E-state index contributed by atoms with van der Waals surface area (Å²) in [6.07, 6.45) is 2.70. The number of allylic oxidation sites excluding steroid dienone is 3. The number of carbonyl (C=O) groups excluding carboxylic acids is 1. The first-order chi connectivity index (χ1) is 13.9. The van der Waals surface area contributed by atoms with Crippen LogP contribution in [0.15, 0.2) is 49.5 Å². The molecule has 0 spiro atoms. The monoisotopic (exact) mass is 434 g/mol. The van der Waals surface area contributed by atoms with Gasteiger partial charge >= 0.3 is 0 Å². The first kappa shape index (κ1) is 21.0. The molecule has 1 fully saturated rings. The summed E-state index contributed by atoms with van der Waals surface area (Å²) in [5, 5.41) is 1.94. The van der Waals surface area contributed by atoms with Crippen molar-refractivity contribution in [1.82, 2.24) is 14.3 Å². The van der Waals surface area contributed by atoms with Gasteiger partial charge in [0.1, 0.15) is 16.6 Å². The van der Waals surface area contributed by atoms with Gasteiger partial charge in [-0.05, 0) is 29.8 Å². The summed E-state index contributed by atoms with van der Waals surface area (Å²) >= 11 is 7.74. The predicted molar refractivity (Wildman–Crippen MR) is 116 cm³/mol. The number of fused-ring (bicyclic) bond motifs is 1. The highest BCUT2D eigenvalue weighted by Crippen LogP contribution is 2.37. The van der Waals surface area contributed by atoms with Gasteiger partial charge < -0.3 is 14.5 Å². The van der Waals surface area contributed by atoms with Gasteiger partial charge in [0.2, 0.25) is 5.91 Å². The molecule has 6 nitrogen and oxygen atoms in total. The second-order valence-corrected chi connectivity index (χ2v) is 7.41. The molecule has 0 saturated carbocycles. The SMILES string of the molecule is C=CC(=O)N1CCN(c2snc3nc(/C(C(=C)F)=C(/C=C)OC)c(Cl)cc23)CC1. The Bertz CT molecular complexity index is 1020. The Labute approximate surface area is 177 Å². The maximum absolute atomic E-state index is 14.1. The molecule has 2 aromatic rings. The molecule has 1 aliphatic rings. The van der Waals surface area contributed by atoms with Crippen LogP contribution in [0, 0.1) is 0 Å². The first-order valence-corrected chi connectivity index (χ1v) is 9.94. The zero-order chi connectivity index (χ0) is 21.1. The smallest absolute Gasteiger partial charge is 0.246 e. The molecule has 0 unspecified atom stereocenters. The fourth-order valence-corrected chi connectivity index (χ4v) is 4.28. The number of carbonyl (C=O) groups is 1. The van der Waals surface area contributed by atoms with Gasteiger partial charge in [0.15, 0.2) is 5.65 Å². The van der Waals surface area contributed by atoms with Gasteiger partial charge in [0.25, 0.3) is 0 Å². The molecule has 0 atom stereocenters. The number of halogens is 2. The van der Waals surface area contributed by atoms with Crippen LogP contribution < -0.4 is 4.90 Å². The van der Waals surface area contributed by atoms with Crippen LogP contribution in [0.4, 0.5) is 9.39 Å². The number of piperazine rings is 1. The Morgan fingerprint density at radius 3 is 2.55 bits per heavy atom. The molecule has 0 aromatic carbocycles. The molecular formula is C20H20ClFN4O2S. The van der Waals surface area contributed by atoms with E-state index in [1.807, 2.05) is 0 Å². The molecule has 3 rings (SSSR count). The van der Waals surface area contributed by atoms with Crippen molar-refractivity contribution in [2.75, 3.05) is 38.2 Å². The molecule has 1 aliphatic heterocycles. The highest BCUT2D eigenvalue weighted by Gasteiger charge is 2.25. The summed E-state index contributed by atoms with van der Waals surface area (Å²) in [6, 6.07) is 1.72. The van der Waals surface area contributed by atoms with Crippen molar-refractivity contribution in [1.29, 1.82) is 0 Å². The van der Waals surface area contributed by atoms with E-state index in [1.165, 1.54) is 30.8 Å². The summed E-state index contributed by atoms with van der Waals surface area (Å²) in [4.78, 5) is 20.1. The normalized spacial score (nSPS) is 15.1. The maximum atomic E-state index is 14.1. The van der Waals surface area contributed by atoms with E-state index in [1.54, 1.807) is 11.0 Å². The lowest BCUT2D eigenvalue weighted by Crippen LogP contribution is -2.48. The second kappa shape index (κ2) is 8.75. The molecule has 2 aromatic heterocycles. The molecule has 1 amide bonds. The van der Waals surface area contributed by atoms with Crippen molar-refractivity contribution in [2.45, 2.75) is 0 Å². The number of anilines is 1. The fourth-order valence-electron chi connectivity index (χ4n) is 3.17. The quantitative estimate of drug-likeness (QED) is 0.387. The zero-order valence-corrected chi connectivity index (χ0v) is 17.5. The number of rotatable bonds is 6. The lowest BCUT2D eigenvalue weighted by Gasteiger charge is -2.34. The van der Waals surface area contributed by atoms with E-state index in [9.17, 15) is 9.18 Å². The topological polar surface area (TPSA) is 58.6 Å². The lowest BCUT2D eigenvalue weighted by atomic mass is 10.1. The standard InChI is InChI=1S/C20H20ClFN4O2S/c1-5-15(28-4)17(12(3)22)18-14(21)11-13-19(23-18)24-29-20(13)26-9-7-25(8-10-26)16(27)6-2/h5-6,11H,1-3,7-10H2,4H3/b17-15-. The Hall–Kier alpha value is -2.71. The summed E-state index contributed by atoms with van der Waals surface area (Å²) in [7, 11) is 1.41. The van der Waals surface area contributed by atoms with Crippen LogP contribution in [-0.2, 0) is 9.53 Å². The van der Waals surface area contributed by atoms with Gasteiger partial charge in [-0.1, -0.05) is 31.3 Å². The van der Waals surface area contributed by atoms with Crippen LogP contribution in [0.2, 0.25) is 5.02 Å². The Morgan fingerprint density at radius 1 is 1.31 bits per heavy atom. The minimum atomic E-state index is -0.728. The number of pyridine rings is 1. The van der Waals surface area contributed by atoms with E-state index >= 15 is 0 Å². The number of methoxy groups -OCH3 is 1. The molecule has 3 heterocycles. The number of ether oxygens (including phenoxy) is 1. The van der Waals surface area contributed by atoms with E-state index in [-0.39, 0.29) is 28.0 Å². The van der Waals surface area contributed by atoms with Crippen molar-refractivity contribution < 1.29 is 13.9 Å². The molecule has 9 heteroatoms. The Morgan fingerprint density at radius 2 is 2.00 bits per heavy atom. The number of hydrogen-bond acceptors (Lipinski definition) is 6.